The number of hydrogen-bond donors (Lipinski definition) is 2. The molecule has 6 nitrogen and oxygen atoms in total. The Hall–Kier alpha value is -3.32. The summed E-state index contributed by atoms with van der Waals surface area (Å²) in [6.07, 6.45) is 1.43. The van der Waals surface area contributed by atoms with Gasteiger partial charge in [0.1, 0.15) is 11.3 Å². The SMILES string of the molecule is C[C@@H](NC(=O)c1ccc(NC(=O)c2ccco2)s1)c1cc2ccccc2o1. The molecule has 0 aliphatic heterocycles. The molecule has 0 aliphatic carbocycles. The minimum Gasteiger partial charge on any atom is -0.459 e. The summed E-state index contributed by atoms with van der Waals surface area (Å²) in [6.45, 7) is 1.86. The van der Waals surface area contributed by atoms with Gasteiger partial charge < -0.3 is 19.5 Å². The Morgan fingerprint density at radius 1 is 1.04 bits per heavy atom. The van der Waals surface area contributed by atoms with Crippen LogP contribution >= 0.6 is 11.3 Å². The van der Waals surface area contributed by atoms with Crippen LogP contribution in [0, 0.1) is 0 Å². The van der Waals surface area contributed by atoms with E-state index in [-0.39, 0.29) is 23.6 Å². The molecule has 1 aromatic carbocycles. The monoisotopic (exact) mass is 380 g/mol. The van der Waals surface area contributed by atoms with Crippen molar-refractivity contribution in [3.63, 3.8) is 0 Å². The van der Waals surface area contributed by atoms with Crippen LogP contribution in [-0.4, -0.2) is 11.8 Å². The van der Waals surface area contributed by atoms with Gasteiger partial charge in [0.25, 0.3) is 11.8 Å². The van der Waals surface area contributed by atoms with Gasteiger partial charge in [0.15, 0.2) is 5.76 Å². The topological polar surface area (TPSA) is 84.5 Å². The van der Waals surface area contributed by atoms with E-state index in [0.717, 1.165) is 11.0 Å². The van der Waals surface area contributed by atoms with Crippen molar-refractivity contribution in [3.8, 4) is 0 Å². The second-order valence-corrected chi connectivity index (χ2v) is 7.06. The van der Waals surface area contributed by atoms with E-state index >= 15 is 0 Å². The molecule has 2 amide bonds. The van der Waals surface area contributed by atoms with Crippen LogP contribution in [0.15, 0.2) is 69.7 Å². The number of nitrogens with one attached hydrogen (secondary N) is 2. The molecule has 0 bridgehead atoms. The molecule has 3 aromatic heterocycles. The Labute approximate surface area is 158 Å². The zero-order valence-corrected chi connectivity index (χ0v) is 15.2. The van der Waals surface area contributed by atoms with Crippen LogP contribution < -0.4 is 10.6 Å². The van der Waals surface area contributed by atoms with E-state index in [1.165, 1.54) is 17.6 Å². The number of amides is 2. The number of furan rings is 2. The van der Waals surface area contributed by atoms with Crippen molar-refractivity contribution >= 4 is 39.1 Å². The average molecular weight is 380 g/mol. The van der Waals surface area contributed by atoms with Crippen molar-refractivity contribution in [2.45, 2.75) is 13.0 Å². The quantitative estimate of drug-likeness (QED) is 0.519. The first-order valence-electron chi connectivity index (χ1n) is 8.34. The smallest absolute Gasteiger partial charge is 0.291 e. The van der Waals surface area contributed by atoms with Gasteiger partial charge in [-0.25, -0.2) is 0 Å². The lowest BCUT2D eigenvalue weighted by Crippen LogP contribution is -2.25. The first-order valence-corrected chi connectivity index (χ1v) is 9.16. The first-order chi connectivity index (χ1) is 13.1. The number of carbonyl (C=O) groups is 2. The second-order valence-electron chi connectivity index (χ2n) is 5.98. The van der Waals surface area contributed by atoms with Crippen molar-refractivity contribution in [3.05, 3.63) is 77.3 Å². The first kappa shape index (κ1) is 17.1. The van der Waals surface area contributed by atoms with Gasteiger partial charge >= 0.3 is 0 Å². The van der Waals surface area contributed by atoms with Crippen molar-refractivity contribution in [2.24, 2.45) is 0 Å². The largest absolute Gasteiger partial charge is 0.459 e. The molecule has 0 radical (unpaired) electrons. The number of fused-ring (bicyclic) bond motifs is 1. The Kier molecular flexibility index (Phi) is 4.52. The molecule has 0 spiro atoms. The summed E-state index contributed by atoms with van der Waals surface area (Å²) in [5, 5.41) is 7.18. The summed E-state index contributed by atoms with van der Waals surface area (Å²) in [5.74, 6) is 0.316. The number of thiophene rings is 1. The standard InChI is InChI=1S/C20H16N2O4S/c1-12(16-11-13-5-2-3-6-14(13)26-16)21-20(24)17-8-9-18(27-17)22-19(23)15-7-4-10-25-15/h2-12H,1H3,(H,21,24)(H,22,23)/t12-/m1/s1. The highest BCUT2D eigenvalue weighted by molar-refractivity contribution is 7.18. The Bertz CT molecular complexity index is 1060. The van der Waals surface area contributed by atoms with E-state index in [9.17, 15) is 9.59 Å². The van der Waals surface area contributed by atoms with E-state index < -0.39 is 0 Å². The van der Waals surface area contributed by atoms with Gasteiger partial charge in [-0.05, 0) is 43.3 Å². The summed E-state index contributed by atoms with van der Waals surface area (Å²) in [7, 11) is 0. The zero-order chi connectivity index (χ0) is 18.8. The van der Waals surface area contributed by atoms with Crippen LogP contribution in [0.3, 0.4) is 0 Å². The molecule has 0 aliphatic rings. The molecular weight excluding hydrogens is 364 g/mol. The number of benzene rings is 1. The molecule has 4 aromatic rings. The predicted molar refractivity (Wildman–Crippen MR) is 103 cm³/mol. The molecule has 136 valence electrons. The van der Waals surface area contributed by atoms with E-state index in [1.54, 1.807) is 24.3 Å². The second kappa shape index (κ2) is 7.13. The van der Waals surface area contributed by atoms with Crippen molar-refractivity contribution < 1.29 is 18.4 Å². The zero-order valence-electron chi connectivity index (χ0n) is 14.4. The fraction of sp³-hybridized carbons (Fsp3) is 0.100. The fourth-order valence-electron chi connectivity index (χ4n) is 2.66. The van der Waals surface area contributed by atoms with E-state index in [1.807, 2.05) is 37.3 Å². The van der Waals surface area contributed by atoms with Gasteiger partial charge in [0.2, 0.25) is 0 Å². The van der Waals surface area contributed by atoms with Gasteiger partial charge in [0.05, 0.1) is 22.2 Å². The number of hydrogen-bond acceptors (Lipinski definition) is 5. The Morgan fingerprint density at radius 3 is 2.67 bits per heavy atom. The Balaban J connectivity index is 1.42. The van der Waals surface area contributed by atoms with Crippen LogP contribution in [0.4, 0.5) is 5.00 Å². The van der Waals surface area contributed by atoms with Crippen LogP contribution in [-0.2, 0) is 0 Å². The van der Waals surface area contributed by atoms with Gasteiger partial charge in [-0.15, -0.1) is 11.3 Å². The third kappa shape index (κ3) is 3.63. The average Bonchev–Trinajstić information content (AvgIpc) is 3.40. The maximum atomic E-state index is 12.5. The third-order valence-electron chi connectivity index (χ3n) is 4.03. The van der Waals surface area contributed by atoms with E-state index in [0.29, 0.717) is 15.6 Å². The van der Waals surface area contributed by atoms with Crippen molar-refractivity contribution in [1.82, 2.24) is 5.32 Å². The summed E-state index contributed by atoms with van der Waals surface area (Å²) in [5.41, 5.74) is 0.785. The summed E-state index contributed by atoms with van der Waals surface area (Å²) >= 11 is 1.19. The number of rotatable bonds is 5. The van der Waals surface area contributed by atoms with E-state index in [2.05, 4.69) is 10.6 Å². The van der Waals surface area contributed by atoms with Gasteiger partial charge in [-0.3, -0.25) is 9.59 Å². The molecular formula is C20H16N2O4S. The van der Waals surface area contributed by atoms with Crippen molar-refractivity contribution in [1.29, 1.82) is 0 Å². The highest BCUT2D eigenvalue weighted by Crippen LogP contribution is 2.26. The molecule has 0 saturated heterocycles. The highest BCUT2D eigenvalue weighted by Gasteiger charge is 2.17. The Morgan fingerprint density at radius 2 is 1.89 bits per heavy atom. The summed E-state index contributed by atoms with van der Waals surface area (Å²) in [6, 6.07) is 15.9. The maximum absolute atomic E-state index is 12.5. The van der Waals surface area contributed by atoms with E-state index in [4.69, 9.17) is 8.83 Å². The molecule has 0 fully saturated rings. The molecule has 27 heavy (non-hydrogen) atoms. The van der Waals surface area contributed by atoms with Gasteiger partial charge in [-0.2, -0.15) is 0 Å². The lowest BCUT2D eigenvalue weighted by molar-refractivity contribution is 0.0938. The lowest BCUT2D eigenvalue weighted by Gasteiger charge is -2.10. The molecule has 2 N–H and O–H groups in total. The molecule has 7 heteroatoms. The normalized spacial score (nSPS) is 12.0. The van der Waals surface area contributed by atoms with Crippen LogP contribution in [0.2, 0.25) is 0 Å². The predicted octanol–water partition coefficient (Wildman–Crippen LogP) is 4.83. The van der Waals surface area contributed by atoms with Crippen molar-refractivity contribution in [2.75, 3.05) is 5.32 Å². The summed E-state index contributed by atoms with van der Waals surface area (Å²) < 4.78 is 10.8. The van der Waals surface area contributed by atoms with Crippen LogP contribution in [0.5, 0.6) is 0 Å². The van der Waals surface area contributed by atoms with Gasteiger partial charge in [-0.1, -0.05) is 18.2 Å². The minimum absolute atomic E-state index is 0.216. The molecule has 4 rings (SSSR count). The third-order valence-corrected chi connectivity index (χ3v) is 5.03. The summed E-state index contributed by atoms with van der Waals surface area (Å²) in [4.78, 5) is 25.0. The fourth-order valence-corrected chi connectivity index (χ4v) is 3.47. The van der Waals surface area contributed by atoms with Crippen LogP contribution in [0.1, 0.15) is 39.0 Å². The maximum Gasteiger partial charge on any atom is 0.291 e. The molecule has 0 saturated carbocycles. The lowest BCUT2D eigenvalue weighted by atomic mass is 10.2. The number of para-hydroxylation sites is 1. The number of carbonyl (C=O) groups excluding carboxylic acids is 2. The highest BCUT2D eigenvalue weighted by atomic mass is 32.1. The van der Waals surface area contributed by atoms with Gasteiger partial charge in [0, 0.05) is 5.39 Å². The van der Waals surface area contributed by atoms with Crippen LogP contribution in [0.25, 0.3) is 11.0 Å². The number of anilines is 1. The molecule has 1 atom stereocenters. The molecule has 0 unspecified atom stereocenters. The minimum atomic E-state index is -0.357. The molecule has 3 heterocycles.